The first-order chi connectivity index (χ1) is 17.4. The van der Waals surface area contributed by atoms with E-state index in [0.717, 1.165) is 0 Å². The van der Waals surface area contributed by atoms with Gasteiger partial charge in [0.2, 0.25) is 0 Å². The lowest BCUT2D eigenvalue weighted by molar-refractivity contribution is 0.0694. The summed E-state index contributed by atoms with van der Waals surface area (Å²) in [5.41, 5.74) is 1.13. The van der Waals surface area contributed by atoms with E-state index in [4.69, 9.17) is 21.3 Å². The Kier molecular flexibility index (Phi) is 5.83. The molecule has 0 aliphatic carbocycles. The summed E-state index contributed by atoms with van der Waals surface area (Å²) in [7, 11) is -4.01. The number of rotatable bonds is 2. The molecule has 6 rings (SSSR count). The van der Waals surface area contributed by atoms with E-state index < -0.39 is 10.0 Å². The third kappa shape index (κ3) is 4.00. The highest BCUT2D eigenvalue weighted by Crippen LogP contribution is 2.41. The van der Waals surface area contributed by atoms with Crippen LogP contribution in [0.3, 0.4) is 0 Å². The lowest BCUT2D eigenvalue weighted by atomic mass is 10.1. The van der Waals surface area contributed by atoms with Gasteiger partial charge in [-0.05, 0) is 48.2 Å². The van der Waals surface area contributed by atoms with Crippen molar-refractivity contribution in [3.05, 3.63) is 82.1 Å². The molecular formula is C25H19ClN4O4S2. The van der Waals surface area contributed by atoms with Crippen LogP contribution in [0.5, 0.6) is 0 Å². The molecule has 1 saturated heterocycles. The molecule has 11 heteroatoms. The Balaban J connectivity index is 1.56. The highest BCUT2D eigenvalue weighted by atomic mass is 35.5. The summed E-state index contributed by atoms with van der Waals surface area (Å²) < 4.78 is 37.4. The lowest BCUT2D eigenvalue weighted by Crippen LogP contribution is -2.40. The van der Waals surface area contributed by atoms with Crippen LogP contribution in [0.15, 0.2) is 85.7 Å². The fraction of sp³-hybridized carbons (Fsp3) is 0.160. The molecule has 182 valence electrons. The van der Waals surface area contributed by atoms with Crippen molar-refractivity contribution in [2.24, 2.45) is 4.40 Å². The average molecular weight is 539 g/mol. The lowest BCUT2D eigenvalue weighted by Gasteiger charge is -2.30. The second kappa shape index (κ2) is 9.04. The second-order valence-electron chi connectivity index (χ2n) is 8.26. The predicted molar refractivity (Wildman–Crippen MR) is 141 cm³/mol. The number of morpholine rings is 1. The Hall–Kier alpha value is -3.18. The van der Waals surface area contributed by atoms with Crippen molar-refractivity contribution in [2.75, 3.05) is 26.3 Å². The first-order valence-electron chi connectivity index (χ1n) is 11.2. The standard InChI is InChI=1S/C25H19ClN4O4S2/c26-19-15-21-22(36(32,33)28-25(35-21)29-10-12-34-13-11-29)14-18(19)23-27-20-9-5-4-8-17(20)24(31)30(23)16-6-2-1-3-7-16/h1-9,14-15H,10-13H2. The molecule has 2 aliphatic rings. The van der Waals surface area contributed by atoms with Gasteiger partial charge in [-0.25, -0.2) is 4.98 Å². The molecule has 2 aliphatic heterocycles. The number of para-hydroxylation sites is 2. The number of benzene rings is 3. The van der Waals surface area contributed by atoms with Crippen molar-refractivity contribution < 1.29 is 13.2 Å². The Morgan fingerprint density at radius 1 is 0.972 bits per heavy atom. The average Bonchev–Trinajstić information content (AvgIpc) is 2.89. The topological polar surface area (TPSA) is 93.9 Å². The van der Waals surface area contributed by atoms with Gasteiger partial charge in [-0.2, -0.15) is 8.42 Å². The Morgan fingerprint density at radius 3 is 2.47 bits per heavy atom. The van der Waals surface area contributed by atoms with Crippen LogP contribution in [0.4, 0.5) is 0 Å². The molecule has 1 aromatic heterocycles. The van der Waals surface area contributed by atoms with E-state index in [1.165, 1.54) is 22.4 Å². The molecular weight excluding hydrogens is 520 g/mol. The molecule has 0 radical (unpaired) electrons. The van der Waals surface area contributed by atoms with E-state index in [0.29, 0.717) is 58.5 Å². The van der Waals surface area contributed by atoms with Gasteiger partial charge in [-0.3, -0.25) is 9.36 Å². The van der Waals surface area contributed by atoms with Crippen LogP contribution < -0.4 is 5.56 Å². The SMILES string of the molecule is O=c1c2ccccc2nc(-c2cc3c(cc2Cl)SC(N2CCOCC2)=NS3(=O)=O)n1-c1ccccc1. The maximum atomic E-state index is 13.6. The summed E-state index contributed by atoms with van der Waals surface area (Å²) in [6, 6.07) is 19.2. The highest BCUT2D eigenvalue weighted by molar-refractivity contribution is 8.15. The molecule has 0 unspecified atom stereocenters. The molecule has 0 atom stereocenters. The van der Waals surface area contributed by atoms with Crippen molar-refractivity contribution >= 4 is 49.5 Å². The summed E-state index contributed by atoms with van der Waals surface area (Å²) >= 11 is 8.01. The maximum Gasteiger partial charge on any atom is 0.285 e. The van der Waals surface area contributed by atoms with Crippen molar-refractivity contribution in [3.8, 4) is 17.1 Å². The molecule has 1 fully saturated rings. The molecule has 0 spiro atoms. The van der Waals surface area contributed by atoms with Gasteiger partial charge in [0.05, 0.1) is 34.8 Å². The summed E-state index contributed by atoms with van der Waals surface area (Å²) in [5.74, 6) is 0.251. The van der Waals surface area contributed by atoms with E-state index >= 15 is 0 Å². The Bertz CT molecular complexity index is 1700. The number of sulfonamides is 1. The van der Waals surface area contributed by atoms with Gasteiger partial charge in [0, 0.05) is 23.5 Å². The highest BCUT2D eigenvalue weighted by Gasteiger charge is 2.31. The fourth-order valence-electron chi connectivity index (χ4n) is 4.26. The quantitative estimate of drug-likeness (QED) is 0.378. The summed E-state index contributed by atoms with van der Waals surface area (Å²) in [4.78, 5) is 20.7. The third-order valence-corrected chi connectivity index (χ3v) is 8.98. The van der Waals surface area contributed by atoms with Gasteiger partial charge >= 0.3 is 0 Å². The van der Waals surface area contributed by atoms with Crippen LogP contribution in [-0.2, 0) is 14.8 Å². The van der Waals surface area contributed by atoms with Crippen LogP contribution in [0.1, 0.15) is 0 Å². The minimum absolute atomic E-state index is 0.0333. The molecule has 0 N–H and O–H groups in total. The number of halogens is 1. The van der Waals surface area contributed by atoms with Gasteiger partial charge in [-0.15, -0.1) is 4.40 Å². The van der Waals surface area contributed by atoms with Gasteiger partial charge in [-0.1, -0.05) is 41.9 Å². The summed E-state index contributed by atoms with van der Waals surface area (Å²) in [5, 5.41) is 1.13. The molecule has 0 amide bonds. The van der Waals surface area contributed by atoms with E-state index in [1.807, 2.05) is 23.1 Å². The smallest absolute Gasteiger partial charge is 0.285 e. The number of thioether (sulfide) groups is 1. The van der Waals surface area contributed by atoms with Crippen molar-refractivity contribution in [3.63, 3.8) is 0 Å². The number of hydrogen-bond donors (Lipinski definition) is 0. The zero-order valence-electron chi connectivity index (χ0n) is 18.8. The fourth-order valence-corrected chi connectivity index (χ4v) is 7.31. The Labute approximate surface area is 216 Å². The van der Waals surface area contributed by atoms with Gasteiger partial charge in [0.15, 0.2) is 5.17 Å². The number of amidine groups is 1. The van der Waals surface area contributed by atoms with Gasteiger partial charge in [0.1, 0.15) is 10.7 Å². The first-order valence-corrected chi connectivity index (χ1v) is 13.8. The van der Waals surface area contributed by atoms with Crippen LogP contribution in [0.25, 0.3) is 28.0 Å². The van der Waals surface area contributed by atoms with E-state index in [2.05, 4.69) is 4.40 Å². The summed E-state index contributed by atoms with van der Waals surface area (Å²) in [6.45, 7) is 2.15. The van der Waals surface area contributed by atoms with Crippen molar-refractivity contribution in [1.29, 1.82) is 0 Å². The number of aromatic nitrogens is 2. The largest absolute Gasteiger partial charge is 0.378 e. The van der Waals surface area contributed by atoms with E-state index in [-0.39, 0.29) is 21.3 Å². The minimum atomic E-state index is -4.01. The normalized spacial score (nSPS) is 17.0. The number of hydrogen-bond acceptors (Lipinski definition) is 7. The molecule has 8 nitrogen and oxygen atoms in total. The van der Waals surface area contributed by atoms with Crippen LogP contribution >= 0.6 is 23.4 Å². The zero-order chi connectivity index (χ0) is 24.9. The van der Waals surface area contributed by atoms with Crippen LogP contribution in [0.2, 0.25) is 5.02 Å². The van der Waals surface area contributed by atoms with Gasteiger partial charge in [0.25, 0.3) is 15.6 Å². The molecule has 4 aromatic rings. The Morgan fingerprint density at radius 2 is 1.69 bits per heavy atom. The van der Waals surface area contributed by atoms with Gasteiger partial charge < -0.3 is 9.64 Å². The minimum Gasteiger partial charge on any atom is -0.378 e. The predicted octanol–water partition coefficient (Wildman–Crippen LogP) is 4.19. The van der Waals surface area contributed by atoms with E-state index in [1.54, 1.807) is 42.5 Å². The van der Waals surface area contributed by atoms with Crippen molar-refractivity contribution in [1.82, 2.24) is 14.5 Å². The zero-order valence-corrected chi connectivity index (χ0v) is 21.2. The first kappa shape index (κ1) is 23.2. The third-order valence-electron chi connectivity index (χ3n) is 6.02. The van der Waals surface area contributed by atoms with Crippen LogP contribution in [-0.4, -0.2) is 54.3 Å². The number of ether oxygens (including phenoxy) is 1. The van der Waals surface area contributed by atoms with Crippen LogP contribution in [0, 0.1) is 0 Å². The molecule has 0 bridgehead atoms. The second-order valence-corrected chi connectivity index (χ2v) is 11.2. The molecule has 0 saturated carbocycles. The van der Waals surface area contributed by atoms with E-state index in [9.17, 15) is 13.2 Å². The maximum absolute atomic E-state index is 13.6. The van der Waals surface area contributed by atoms with Crippen molar-refractivity contribution in [2.45, 2.75) is 9.79 Å². The monoisotopic (exact) mass is 538 g/mol. The number of nitrogens with zero attached hydrogens (tertiary/aromatic N) is 4. The molecule has 3 heterocycles. The summed E-state index contributed by atoms with van der Waals surface area (Å²) in [6.07, 6.45) is 0. The number of fused-ring (bicyclic) bond motifs is 2. The molecule has 3 aromatic carbocycles. The molecule has 36 heavy (non-hydrogen) atoms.